The van der Waals surface area contributed by atoms with Crippen LogP contribution in [0.1, 0.15) is 93.4 Å². The van der Waals surface area contributed by atoms with Crippen molar-refractivity contribution in [3.05, 3.63) is 11.6 Å². The molecule has 4 saturated carbocycles. The topological polar surface area (TPSA) is 197 Å². The molecular weight excluding hydrogens is 700 g/mol. The van der Waals surface area contributed by atoms with Gasteiger partial charge in [-0.05, 0) is 93.3 Å². The van der Waals surface area contributed by atoms with Gasteiger partial charge in [-0.25, -0.2) is 0 Å². The monoisotopic (exact) mass is 766 g/mol. The number of aliphatic hydroxyl groups excluding tert-OH is 6. The summed E-state index contributed by atoms with van der Waals surface area (Å²) in [4.78, 5) is 0. The minimum Gasteiger partial charge on any atom is -0.394 e. The SMILES string of the molecule is CC(C)=CC1COC23CC4(CO2)C(CCC2C5(C)CCC(OC6OC(CO)C(O)C(O)C6OC6OC(CO)C(O)C6O)C(C)(C)C5CCC24C)C3C1(C)O. The standard InChI is InChI=1S/C41H66O13/c1-20(2)14-21-17-49-41-18-40(19-50-41)22(33(41)39(21,7)48)8-9-26-37(5)12-11-27(36(3,4)25(37)10-13-38(26,40)6)53-35-32(30(46)28(44)23(15-42)52-35)54-34-31(47)29(45)24(16-43)51-34/h14,21-35,42-48H,8-13,15-19H2,1-7H3. The number of hydrogen-bond acceptors (Lipinski definition) is 13. The Kier molecular flexibility index (Phi) is 9.91. The molecule has 54 heavy (non-hydrogen) atoms. The summed E-state index contributed by atoms with van der Waals surface area (Å²) in [5, 5.41) is 75.0. The maximum Gasteiger partial charge on any atom is 0.187 e. The van der Waals surface area contributed by atoms with Crippen LogP contribution in [0, 0.1) is 51.2 Å². The molecule has 0 radical (unpaired) electrons. The second-order valence-electron chi connectivity index (χ2n) is 20.0. The first-order chi connectivity index (χ1) is 25.3. The van der Waals surface area contributed by atoms with E-state index in [0.717, 1.165) is 38.5 Å². The fourth-order valence-corrected chi connectivity index (χ4v) is 14.3. The summed E-state index contributed by atoms with van der Waals surface area (Å²) in [5.74, 6) is 0.0868. The van der Waals surface area contributed by atoms with Crippen LogP contribution < -0.4 is 0 Å². The Bertz CT molecular complexity index is 1450. The van der Waals surface area contributed by atoms with Crippen molar-refractivity contribution >= 4 is 0 Å². The van der Waals surface area contributed by atoms with Gasteiger partial charge in [-0.15, -0.1) is 0 Å². The van der Waals surface area contributed by atoms with Crippen LogP contribution in [-0.2, 0) is 28.4 Å². The third-order valence-corrected chi connectivity index (χ3v) is 16.9. The number of hydrogen-bond donors (Lipinski definition) is 7. The highest BCUT2D eigenvalue weighted by atomic mass is 16.8. The van der Waals surface area contributed by atoms with Gasteiger partial charge in [0.1, 0.15) is 42.7 Å². The average Bonchev–Trinajstić information content (AvgIpc) is 3.73. The third-order valence-electron chi connectivity index (χ3n) is 16.9. The Labute approximate surface area is 319 Å². The smallest absolute Gasteiger partial charge is 0.187 e. The molecule has 2 bridgehead atoms. The highest BCUT2D eigenvalue weighted by Gasteiger charge is 2.81. The summed E-state index contributed by atoms with van der Waals surface area (Å²) in [6.45, 7) is 15.7. The zero-order valence-corrected chi connectivity index (χ0v) is 33.1. The lowest BCUT2D eigenvalue weighted by Gasteiger charge is -2.70. The van der Waals surface area contributed by atoms with E-state index in [0.29, 0.717) is 31.5 Å². The van der Waals surface area contributed by atoms with E-state index in [1.807, 2.05) is 6.92 Å². The normalized spacial score (nSPS) is 57.5. The Morgan fingerprint density at radius 2 is 1.43 bits per heavy atom. The van der Waals surface area contributed by atoms with Gasteiger partial charge in [0.05, 0.1) is 38.1 Å². The summed E-state index contributed by atoms with van der Waals surface area (Å²) >= 11 is 0. The molecular formula is C41H66O13. The largest absolute Gasteiger partial charge is 0.394 e. The molecule has 4 aliphatic heterocycles. The van der Waals surface area contributed by atoms with Gasteiger partial charge in [-0.2, -0.15) is 0 Å². The Morgan fingerprint density at radius 1 is 0.759 bits per heavy atom. The zero-order valence-electron chi connectivity index (χ0n) is 33.1. The third kappa shape index (κ3) is 5.43. The van der Waals surface area contributed by atoms with Crippen molar-refractivity contribution in [3.8, 4) is 0 Å². The molecule has 4 saturated heterocycles. The lowest BCUT2D eigenvalue weighted by atomic mass is 9.35. The highest BCUT2D eigenvalue weighted by molar-refractivity contribution is 5.27. The molecule has 13 nitrogen and oxygen atoms in total. The van der Waals surface area contributed by atoms with Gasteiger partial charge in [0, 0.05) is 23.7 Å². The molecule has 8 aliphatic rings. The van der Waals surface area contributed by atoms with E-state index in [-0.39, 0.29) is 45.5 Å². The van der Waals surface area contributed by atoms with Crippen LogP contribution in [0.2, 0.25) is 0 Å². The number of ether oxygens (including phenoxy) is 6. The molecule has 8 fully saturated rings. The van der Waals surface area contributed by atoms with Crippen LogP contribution in [0.4, 0.5) is 0 Å². The van der Waals surface area contributed by atoms with Crippen molar-refractivity contribution in [2.24, 2.45) is 51.2 Å². The fourth-order valence-electron chi connectivity index (χ4n) is 14.3. The molecule has 0 aromatic carbocycles. The first-order valence-electron chi connectivity index (χ1n) is 20.5. The first-order valence-corrected chi connectivity index (χ1v) is 20.5. The second kappa shape index (κ2) is 13.4. The maximum absolute atomic E-state index is 12.3. The number of rotatable bonds is 7. The van der Waals surface area contributed by atoms with Gasteiger partial charge in [0.15, 0.2) is 18.4 Å². The van der Waals surface area contributed by atoms with Crippen molar-refractivity contribution in [2.75, 3.05) is 26.4 Å². The van der Waals surface area contributed by atoms with Crippen molar-refractivity contribution < 1.29 is 64.2 Å². The van der Waals surface area contributed by atoms with Crippen LogP contribution in [0.25, 0.3) is 0 Å². The van der Waals surface area contributed by atoms with Gasteiger partial charge in [0.2, 0.25) is 0 Å². The molecule has 20 atom stereocenters. The fraction of sp³-hybridized carbons (Fsp3) is 0.951. The van der Waals surface area contributed by atoms with Crippen LogP contribution >= 0.6 is 0 Å². The minimum absolute atomic E-state index is 0.0164. The Balaban J connectivity index is 1.04. The summed E-state index contributed by atoms with van der Waals surface area (Å²) in [7, 11) is 0. The zero-order chi connectivity index (χ0) is 39.0. The van der Waals surface area contributed by atoms with E-state index >= 15 is 0 Å². The molecule has 7 N–H and O–H groups in total. The molecule has 8 rings (SSSR count). The Morgan fingerprint density at radius 3 is 2.09 bits per heavy atom. The minimum atomic E-state index is -1.56. The highest BCUT2D eigenvalue weighted by Crippen LogP contribution is 2.80. The number of fused-ring (bicyclic) bond motifs is 4. The maximum atomic E-state index is 12.3. The van der Waals surface area contributed by atoms with Crippen molar-refractivity contribution in [1.29, 1.82) is 0 Å². The lowest BCUT2D eigenvalue weighted by Crippen LogP contribution is -2.68. The summed E-state index contributed by atoms with van der Waals surface area (Å²) < 4.78 is 37.9. The quantitative estimate of drug-likeness (QED) is 0.147. The first kappa shape index (κ1) is 40.0. The van der Waals surface area contributed by atoms with Crippen molar-refractivity contribution in [1.82, 2.24) is 0 Å². The molecule has 0 aromatic heterocycles. The molecule has 4 heterocycles. The lowest BCUT2D eigenvalue weighted by molar-refractivity contribution is -0.358. The van der Waals surface area contributed by atoms with E-state index in [1.54, 1.807) is 0 Å². The van der Waals surface area contributed by atoms with E-state index in [2.05, 4.69) is 47.6 Å². The molecule has 13 heteroatoms. The van der Waals surface area contributed by atoms with E-state index < -0.39 is 79.9 Å². The van der Waals surface area contributed by atoms with Crippen LogP contribution in [0.15, 0.2) is 11.6 Å². The van der Waals surface area contributed by atoms with Crippen LogP contribution in [0.5, 0.6) is 0 Å². The molecule has 0 aromatic rings. The summed E-state index contributed by atoms with van der Waals surface area (Å²) in [6.07, 6.45) is -3.79. The van der Waals surface area contributed by atoms with Gasteiger partial charge in [-0.1, -0.05) is 39.3 Å². The Hall–Kier alpha value is -0.780. The molecule has 20 unspecified atom stereocenters. The van der Waals surface area contributed by atoms with Crippen molar-refractivity contribution in [3.63, 3.8) is 0 Å². The molecule has 2 spiro atoms. The van der Waals surface area contributed by atoms with E-state index in [1.165, 1.54) is 5.57 Å². The van der Waals surface area contributed by atoms with Crippen LogP contribution in [0.3, 0.4) is 0 Å². The van der Waals surface area contributed by atoms with Gasteiger partial charge < -0.3 is 64.2 Å². The van der Waals surface area contributed by atoms with Gasteiger partial charge in [-0.3, -0.25) is 0 Å². The van der Waals surface area contributed by atoms with Crippen LogP contribution in [-0.4, -0.2) is 135 Å². The predicted molar refractivity (Wildman–Crippen MR) is 192 cm³/mol. The summed E-state index contributed by atoms with van der Waals surface area (Å²) in [6, 6.07) is 0. The van der Waals surface area contributed by atoms with Crippen molar-refractivity contribution in [2.45, 2.75) is 166 Å². The predicted octanol–water partition coefficient (Wildman–Crippen LogP) is 2.00. The number of allylic oxidation sites excluding steroid dienone is 1. The molecule has 4 aliphatic carbocycles. The van der Waals surface area contributed by atoms with E-state index in [4.69, 9.17) is 28.4 Å². The average molecular weight is 767 g/mol. The van der Waals surface area contributed by atoms with E-state index in [9.17, 15) is 35.7 Å². The van der Waals surface area contributed by atoms with Gasteiger partial charge >= 0.3 is 0 Å². The molecule has 0 amide bonds. The second-order valence-corrected chi connectivity index (χ2v) is 20.0. The number of aliphatic hydroxyl groups is 7. The molecule has 308 valence electrons. The summed E-state index contributed by atoms with van der Waals surface area (Å²) in [5.41, 5.74) is -0.236. The van der Waals surface area contributed by atoms with Gasteiger partial charge in [0.25, 0.3) is 0 Å².